The number of carboxylic acids is 1. The lowest BCUT2D eigenvalue weighted by Gasteiger charge is -1.95. The third kappa shape index (κ3) is 1.56. The second-order valence-electron chi connectivity index (χ2n) is 3.45. The summed E-state index contributed by atoms with van der Waals surface area (Å²) >= 11 is 0. The van der Waals surface area contributed by atoms with Gasteiger partial charge in [-0.1, -0.05) is 5.16 Å². The van der Waals surface area contributed by atoms with Crippen LogP contribution in [-0.4, -0.2) is 25.8 Å². The molecule has 7 nitrogen and oxygen atoms in total. The van der Waals surface area contributed by atoms with Gasteiger partial charge in [0, 0.05) is 12.6 Å². The van der Waals surface area contributed by atoms with Crippen LogP contribution in [0.1, 0.15) is 21.9 Å². The van der Waals surface area contributed by atoms with E-state index in [-0.39, 0.29) is 17.2 Å². The van der Waals surface area contributed by atoms with Crippen LogP contribution in [0.3, 0.4) is 0 Å². The van der Waals surface area contributed by atoms with E-state index in [1.807, 2.05) is 6.07 Å². The number of rotatable bonds is 2. The van der Waals surface area contributed by atoms with Gasteiger partial charge >= 0.3 is 5.97 Å². The first-order valence-electron chi connectivity index (χ1n) is 4.68. The molecule has 0 amide bonds. The maximum Gasteiger partial charge on any atom is 0.372 e. The number of nitrogens with zero attached hydrogens (tertiary/aromatic N) is 4. The molecule has 0 aliphatic heterocycles. The van der Waals surface area contributed by atoms with E-state index in [4.69, 9.17) is 14.9 Å². The van der Waals surface area contributed by atoms with Crippen molar-refractivity contribution < 1.29 is 14.4 Å². The van der Waals surface area contributed by atoms with Crippen LogP contribution in [0.2, 0.25) is 0 Å². The fourth-order valence-electron chi connectivity index (χ4n) is 1.49. The summed E-state index contributed by atoms with van der Waals surface area (Å²) in [4.78, 5) is 14.8. The van der Waals surface area contributed by atoms with Gasteiger partial charge in [0.25, 0.3) is 0 Å². The van der Waals surface area contributed by atoms with Crippen molar-refractivity contribution in [2.45, 2.75) is 6.92 Å². The molecule has 86 valence electrons. The van der Waals surface area contributed by atoms with Crippen LogP contribution in [0.25, 0.3) is 11.5 Å². The number of aromatic carboxylic acids is 1. The molecule has 0 atom stereocenters. The van der Waals surface area contributed by atoms with Gasteiger partial charge in [-0.05, 0) is 6.92 Å². The van der Waals surface area contributed by atoms with Gasteiger partial charge in [-0.2, -0.15) is 5.26 Å². The lowest BCUT2D eigenvalue weighted by atomic mass is 10.2. The SMILES string of the molecule is Cc1cnoc1-c1nc(C(=O)O)n(C)c1C#N. The fraction of sp³-hybridized carbons (Fsp3) is 0.200. The van der Waals surface area contributed by atoms with Crippen LogP contribution in [0.5, 0.6) is 0 Å². The molecule has 0 aliphatic carbocycles. The molecule has 7 heteroatoms. The third-order valence-electron chi connectivity index (χ3n) is 2.36. The Morgan fingerprint density at radius 2 is 2.35 bits per heavy atom. The minimum atomic E-state index is -1.20. The molecule has 0 unspecified atom stereocenters. The zero-order valence-corrected chi connectivity index (χ0v) is 9.13. The van der Waals surface area contributed by atoms with Crippen molar-refractivity contribution in [3.63, 3.8) is 0 Å². The van der Waals surface area contributed by atoms with Crippen molar-refractivity contribution >= 4 is 5.97 Å². The van der Waals surface area contributed by atoms with Gasteiger partial charge in [-0.25, -0.2) is 9.78 Å². The third-order valence-corrected chi connectivity index (χ3v) is 2.36. The summed E-state index contributed by atoms with van der Waals surface area (Å²) in [5.74, 6) is -1.11. The van der Waals surface area contributed by atoms with Gasteiger partial charge in [-0.15, -0.1) is 0 Å². The smallest absolute Gasteiger partial charge is 0.372 e. The molecule has 0 aromatic carbocycles. The van der Waals surface area contributed by atoms with Crippen LogP contribution in [-0.2, 0) is 7.05 Å². The quantitative estimate of drug-likeness (QED) is 0.826. The molecule has 0 aliphatic rings. The topological polar surface area (TPSA) is 105 Å². The molecular formula is C10H8N4O3. The molecule has 1 N–H and O–H groups in total. The maximum absolute atomic E-state index is 10.9. The summed E-state index contributed by atoms with van der Waals surface area (Å²) in [5, 5.41) is 21.5. The minimum absolute atomic E-state index is 0.127. The highest BCUT2D eigenvalue weighted by atomic mass is 16.5. The van der Waals surface area contributed by atoms with Crippen LogP contribution in [0.15, 0.2) is 10.7 Å². The van der Waals surface area contributed by atoms with E-state index in [0.717, 1.165) is 0 Å². The Kier molecular flexibility index (Phi) is 2.40. The fourth-order valence-corrected chi connectivity index (χ4v) is 1.49. The Bertz CT molecular complexity index is 633. The highest BCUT2D eigenvalue weighted by Gasteiger charge is 2.23. The summed E-state index contributed by atoms with van der Waals surface area (Å²) < 4.78 is 6.18. The molecular weight excluding hydrogens is 224 g/mol. The first-order chi connectivity index (χ1) is 8.06. The molecule has 0 spiro atoms. The van der Waals surface area contributed by atoms with E-state index in [1.54, 1.807) is 6.92 Å². The summed E-state index contributed by atoms with van der Waals surface area (Å²) in [6, 6.07) is 1.90. The van der Waals surface area contributed by atoms with Gasteiger partial charge in [0.2, 0.25) is 5.82 Å². The van der Waals surface area contributed by atoms with Gasteiger partial charge in [0.1, 0.15) is 11.8 Å². The van der Waals surface area contributed by atoms with Crippen LogP contribution >= 0.6 is 0 Å². The second kappa shape index (κ2) is 3.75. The summed E-state index contributed by atoms with van der Waals surface area (Å²) in [6.45, 7) is 1.74. The number of aromatic nitrogens is 3. The molecule has 17 heavy (non-hydrogen) atoms. The van der Waals surface area contributed by atoms with E-state index in [0.29, 0.717) is 11.3 Å². The summed E-state index contributed by atoms with van der Waals surface area (Å²) in [6.07, 6.45) is 1.48. The van der Waals surface area contributed by atoms with E-state index in [2.05, 4.69) is 10.1 Å². The highest BCUT2D eigenvalue weighted by molar-refractivity contribution is 5.85. The van der Waals surface area contributed by atoms with Gasteiger partial charge in [0.05, 0.1) is 6.20 Å². The molecule has 0 radical (unpaired) electrons. The van der Waals surface area contributed by atoms with E-state index >= 15 is 0 Å². The minimum Gasteiger partial charge on any atom is -0.475 e. The van der Waals surface area contributed by atoms with Crippen LogP contribution < -0.4 is 0 Å². The van der Waals surface area contributed by atoms with E-state index in [9.17, 15) is 4.79 Å². The lowest BCUT2D eigenvalue weighted by Crippen LogP contribution is -2.06. The van der Waals surface area contributed by atoms with Crippen LogP contribution in [0, 0.1) is 18.3 Å². The molecule has 2 aromatic rings. The van der Waals surface area contributed by atoms with E-state index < -0.39 is 5.97 Å². The number of carbonyl (C=O) groups is 1. The van der Waals surface area contributed by atoms with Gasteiger partial charge in [0.15, 0.2) is 11.5 Å². The molecule has 0 saturated carbocycles. The Hall–Kier alpha value is -2.62. The van der Waals surface area contributed by atoms with Crippen molar-refractivity contribution in [2.75, 3.05) is 0 Å². The number of aryl methyl sites for hydroxylation is 1. The predicted molar refractivity (Wildman–Crippen MR) is 55.1 cm³/mol. The first kappa shape index (κ1) is 10.9. The molecule has 2 rings (SSSR count). The number of hydrogen-bond donors (Lipinski definition) is 1. The van der Waals surface area contributed by atoms with Crippen molar-refractivity contribution in [3.8, 4) is 17.5 Å². The van der Waals surface area contributed by atoms with Crippen molar-refractivity contribution in [3.05, 3.63) is 23.3 Å². The number of hydrogen-bond acceptors (Lipinski definition) is 5. The number of carboxylic acid groups (broad SMARTS) is 1. The van der Waals surface area contributed by atoms with Crippen molar-refractivity contribution in [1.29, 1.82) is 5.26 Å². The Morgan fingerprint density at radius 3 is 2.82 bits per heavy atom. The second-order valence-corrected chi connectivity index (χ2v) is 3.45. The highest BCUT2D eigenvalue weighted by Crippen LogP contribution is 2.25. The zero-order valence-electron chi connectivity index (χ0n) is 9.13. The average Bonchev–Trinajstić information content (AvgIpc) is 2.81. The molecule has 0 bridgehead atoms. The first-order valence-corrected chi connectivity index (χ1v) is 4.68. The lowest BCUT2D eigenvalue weighted by molar-refractivity contribution is 0.0679. The standard InChI is InChI=1S/C10H8N4O3/c1-5-4-12-17-8(5)7-6(3-11)14(2)9(13-7)10(15)16/h4H,1-2H3,(H,15,16). The average molecular weight is 232 g/mol. The molecule has 2 heterocycles. The van der Waals surface area contributed by atoms with E-state index in [1.165, 1.54) is 17.8 Å². The largest absolute Gasteiger partial charge is 0.475 e. The normalized spacial score (nSPS) is 10.2. The Labute approximate surface area is 95.9 Å². The molecule has 0 fully saturated rings. The Balaban J connectivity index is 2.72. The number of nitriles is 1. The number of imidazole rings is 1. The van der Waals surface area contributed by atoms with Gasteiger partial charge in [-0.3, -0.25) is 0 Å². The molecule has 2 aromatic heterocycles. The Morgan fingerprint density at radius 1 is 1.65 bits per heavy atom. The zero-order chi connectivity index (χ0) is 12.6. The maximum atomic E-state index is 10.9. The van der Waals surface area contributed by atoms with Crippen molar-refractivity contribution in [2.24, 2.45) is 7.05 Å². The summed E-state index contributed by atoms with van der Waals surface area (Å²) in [7, 11) is 1.46. The molecule has 0 saturated heterocycles. The van der Waals surface area contributed by atoms with Crippen molar-refractivity contribution in [1.82, 2.24) is 14.7 Å². The predicted octanol–water partition coefficient (Wildman–Crippen LogP) is 0.953. The van der Waals surface area contributed by atoms with Gasteiger partial charge < -0.3 is 14.2 Å². The van der Waals surface area contributed by atoms with Crippen LogP contribution in [0.4, 0.5) is 0 Å². The summed E-state index contributed by atoms with van der Waals surface area (Å²) in [5.41, 5.74) is 1.01. The monoisotopic (exact) mass is 232 g/mol.